The molecule has 108 valence electrons. The molecule has 1 amide bonds. The SMILES string of the molecule is O=C(O)COc1ccc(NC(=O)[C@@H]2CCCO2)cc1Cl. The normalized spacial score (nSPS) is 17.8. The zero-order valence-electron chi connectivity index (χ0n) is 10.6. The topological polar surface area (TPSA) is 84.9 Å². The molecule has 20 heavy (non-hydrogen) atoms. The van der Waals surface area contributed by atoms with E-state index in [9.17, 15) is 9.59 Å². The molecule has 0 bridgehead atoms. The highest BCUT2D eigenvalue weighted by Crippen LogP contribution is 2.28. The third kappa shape index (κ3) is 3.85. The van der Waals surface area contributed by atoms with Gasteiger partial charge in [-0.25, -0.2) is 4.79 Å². The fourth-order valence-electron chi connectivity index (χ4n) is 1.84. The number of ether oxygens (including phenoxy) is 2. The lowest BCUT2D eigenvalue weighted by Crippen LogP contribution is -2.26. The number of anilines is 1. The van der Waals surface area contributed by atoms with Crippen molar-refractivity contribution in [2.45, 2.75) is 18.9 Å². The molecule has 1 aliphatic rings. The molecule has 2 N–H and O–H groups in total. The number of benzene rings is 1. The third-order valence-electron chi connectivity index (χ3n) is 2.77. The monoisotopic (exact) mass is 299 g/mol. The van der Waals surface area contributed by atoms with Crippen LogP contribution < -0.4 is 10.1 Å². The van der Waals surface area contributed by atoms with E-state index < -0.39 is 18.7 Å². The molecule has 1 saturated heterocycles. The van der Waals surface area contributed by atoms with Gasteiger partial charge in [-0.3, -0.25) is 4.79 Å². The molecule has 1 aromatic rings. The standard InChI is InChI=1S/C13H14ClNO5/c14-9-6-8(3-4-10(9)20-7-12(16)17)15-13(18)11-2-1-5-19-11/h3-4,6,11H,1-2,5,7H2,(H,15,18)(H,16,17)/t11-/m0/s1. The Labute approximate surface area is 120 Å². The van der Waals surface area contributed by atoms with Crippen molar-refractivity contribution in [2.24, 2.45) is 0 Å². The van der Waals surface area contributed by atoms with Gasteiger partial charge in [0.1, 0.15) is 11.9 Å². The van der Waals surface area contributed by atoms with Crippen molar-refractivity contribution in [1.82, 2.24) is 0 Å². The first-order valence-corrected chi connectivity index (χ1v) is 6.50. The first-order chi connectivity index (χ1) is 9.56. The van der Waals surface area contributed by atoms with Crippen LogP contribution in [0.1, 0.15) is 12.8 Å². The fraction of sp³-hybridized carbons (Fsp3) is 0.385. The summed E-state index contributed by atoms with van der Waals surface area (Å²) in [5, 5.41) is 11.5. The predicted molar refractivity (Wildman–Crippen MR) is 72.2 cm³/mol. The maximum atomic E-state index is 11.8. The Bertz CT molecular complexity index is 513. The molecule has 6 nitrogen and oxygen atoms in total. The highest BCUT2D eigenvalue weighted by molar-refractivity contribution is 6.32. The van der Waals surface area contributed by atoms with E-state index in [1.807, 2.05) is 0 Å². The van der Waals surface area contributed by atoms with Gasteiger partial charge in [0, 0.05) is 12.3 Å². The Morgan fingerprint density at radius 2 is 2.30 bits per heavy atom. The molecule has 1 heterocycles. The summed E-state index contributed by atoms with van der Waals surface area (Å²) in [5.41, 5.74) is 0.512. The minimum Gasteiger partial charge on any atom is -0.480 e. The lowest BCUT2D eigenvalue weighted by atomic mass is 10.2. The average molecular weight is 300 g/mol. The zero-order chi connectivity index (χ0) is 14.5. The summed E-state index contributed by atoms with van der Waals surface area (Å²) >= 11 is 5.96. The van der Waals surface area contributed by atoms with Crippen molar-refractivity contribution in [3.8, 4) is 5.75 Å². The minimum atomic E-state index is -1.09. The van der Waals surface area contributed by atoms with Gasteiger partial charge in [-0.1, -0.05) is 11.6 Å². The number of carboxylic acid groups (broad SMARTS) is 1. The van der Waals surface area contributed by atoms with Gasteiger partial charge in [-0.05, 0) is 31.0 Å². The van der Waals surface area contributed by atoms with Crippen LogP contribution in [0.15, 0.2) is 18.2 Å². The summed E-state index contributed by atoms with van der Waals surface area (Å²) in [7, 11) is 0. The van der Waals surface area contributed by atoms with Crippen molar-refractivity contribution in [1.29, 1.82) is 0 Å². The number of rotatable bonds is 5. The molecule has 1 atom stereocenters. The number of hydrogen-bond donors (Lipinski definition) is 2. The van der Waals surface area contributed by atoms with E-state index in [2.05, 4.69) is 5.32 Å². The number of halogens is 1. The van der Waals surface area contributed by atoms with E-state index >= 15 is 0 Å². The number of carboxylic acids is 1. The molecule has 0 unspecified atom stereocenters. The van der Waals surface area contributed by atoms with Crippen molar-refractivity contribution in [3.63, 3.8) is 0 Å². The summed E-state index contributed by atoms with van der Waals surface area (Å²) in [4.78, 5) is 22.2. The molecule has 1 aliphatic heterocycles. The van der Waals surface area contributed by atoms with Crippen LogP contribution in [0.4, 0.5) is 5.69 Å². The summed E-state index contributed by atoms with van der Waals surface area (Å²) in [6.07, 6.45) is 1.16. The van der Waals surface area contributed by atoms with E-state index in [-0.39, 0.29) is 16.7 Å². The number of hydrogen-bond acceptors (Lipinski definition) is 4. The molecular weight excluding hydrogens is 286 g/mol. The van der Waals surface area contributed by atoms with Gasteiger partial charge >= 0.3 is 5.97 Å². The Kier molecular flexibility index (Phi) is 4.81. The van der Waals surface area contributed by atoms with Crippen molar-refractivity contribution in [3.05, 3.63) is 23.2 Å². The maximum Gasteiger partial charge on any atom is 0.341 e. The van der Waals surface area contributed by atoms with Gasteiger partial charge in [0.2, 0.25) is 0 Å². The van der Waals surface area contributed by atoms with E-state index in [1.54, 1.807) is 6.07 Å². The van der Waals surface area contributed by atoms with Crippen LogP contribution in [0.25, 0.3) is 0 Å². The van der Waals surface area contributed by atoms with E-state index in [0.29, 0.717) is 18.7 Å². The average Bonchev–Trinajstić information content (AvgIpc) is 2.91. The lowest BCUT2D eigenvalue weighted by molar-refractivity contribution is -0.139. The summed E-state index contributed by atoms with van der Waals surface area (Å²) in [6.45, 7) is 0.127. The van der Waals surface area contributed by atoms with E-state index in [1.165, 1.54) is 12.1 Å². The second-order valence-corrected chi connectivity index (χ2v) is 4.73. The van der Waals surface area contributed by atoms with Crippen LogP contribution in [0.3, 0.4) is 0 Å². The quantitative estimate of drug-likeness (QED) is 0.867. The van der Waals surface area contributed by atoms with Gasteiger partial charge < -0.3 is 19.9 Å². The smallest absolute Gasteiger partial charge is 0.341 e. The Balaban J connectivity index is 1.97. The Morgan fingerprint density at radius 3 is 2.90 bits per heavy atom. The number of amides is 1. The number of carbonyl (C=O) groups is 2. The van der Waals surface area contributed by atoms with Crippen LogP contribution in [0.2, 0.25) is 5.02 Å². The largest absolute Gasteiger partial charge is 0.480 e. The molecule has 1 fully saturated rings. The third-order valence-corrected chi connectivity index (χ3v) is 3.07. The first kappa shape index (κ1) is 14.6. The van der Waals surface area contributed by atoms with Crippen molar-refractivity contribution < 1.29 is 24.2 Å². The van der Waals surface area contributed by atoms with Crippen molar-refractivity contribution in [2.75, 3.05) is 18.5 Å². The van der Waals surface area contributed by atoms with Crippen LogP contribution >= 0.6 is 11.6 Å². The highest BCUT2D eigenvalue weighted by atomic mass is 35.5. The second kappa shape index (κ2) is 6.58. The molecule has 0 aliphatic carbocycles. The minimum absolute atomic E-state index is 0.210. The molecule has 2 rings (SSSR count). The molecule has 0 saturated carbocycles. The molecule has 0 radical (unpaired) electrons. The fourth-order valence-corrected chi connectivity index (χ4v) is 2.08. The van der Waals surface area contributed by atoms with E-state index in [4.69, 9.17) is 26.2 Å². The van der Waals surface area contributed by atoms with Gasteiger partial charge in [-0.15, -0.1) is 0 Å². The molecule has 1 aromatic carbocycles. The zero-order valence-corrected chi connectivity index (χ0v) is 11.4. The molecule has 7 heteroatoms. The van der Waals surface area contributed by atoms with E-state index in [0.717, 1.165) is 6.42 Å². The molecule has 0 aromatic heterocycles. The van der Waals surface area contributed by atoms with Crippen LogP contribution in [-0.2, 0) is 14.3 Å². The number of aliphatic carboxylic acids is 1. The van der Waals surface area contributed by atoms with Crippen molar-refractivity contribution >= 4 is 29.2 Å². The maximum absolute atomic E-state index is 11.8. The summed E-state index contributed by atoms with van der Waals surface area (Å²) in [6, 6.07) is 4.61. The number of nitrogens with one attached hydrogen (secondary N) is 1. The van der Waals surface area contributed by atoms with Crippen LogP contribution in [0, 0.1) is 0 Å². The number of carbonyl (C=O) groups excluding carboxylic acids is 1. The van der Waals surface area contributed by atoms with Gasteiger partial charge in [0.15, 0.2) is 6.61 Å². The molecule has 0 spiro atoms. The predicted octanol–water partition coefficient (Wildman–Crippen LogP) is 1.92. The lowest BCUT2D eigenvalue weighted by Gasteiger charge is -2.12. The summed E-state index contributed by atoms with van der Waals surface area (Å²) < 4.78 is 10.3. The second-order valence-electron chi connectivity index (χ2n) is 4.32. The highest BCUT2D eigenvalue weighted by Gasteiger charge is 2.23. The van der Waals surface area contributed by atoms with Crippen LogP contribution in [-0.4, -0.2) is 36.3 Å². The molecular formula is C13H14ClNO5. The summed E-state index contributed by atoms with van der Waals surface area (Å²) in [5.74, 6) is -1.04. The Morgan fingerprint density at radius 1 is 1.50 bits per heavy atom. The van der Waals surface area contributed by atoms with Gasteiger partial charge in [0.05, 0.1) is 5.02 Å². The Hall–Kier alpha value is -1.79. The van der Waals surface area contributed by atoms with Gasteiger partial charge in [0.25, 0.3) is 5.91 Å². The van der Waals surface area contributed by atoms with Crippen LogP contribution in [0.5, 0.6) is 5.75 Å². The van der Waals surface area contributed by atoms with Gasteiger partial charge in [-0.2, -0.15) is 0 Å². The first-order valence-electron chi connectivity index (χ1n) is 6.13.